The Kier molecular flexibility index (Phi) is 6.20. The van der Waals surface area contributed by atoms with E-state index in [2.05, 4.69) is 21.5 Å². The largest absolute Gasteiger partial charge is 0.376 e. The second-order valence-electron chi connectivity index (χ2n) is 6.56. The quantitative estimate of drug-likeness (QED) is 0.580. The van der Waals surface area contributed by atoms with Crippen LogP contribution in [0.5, 0.6) is 0 Å². The number of hydrogen-bond donors (Lipinski definition) is 4. The van der Waals surface area contributed by atoms with Crippen LogP contribution in [0.1, 0.15) is 17.5 Å². The Bertz CT molecular complexity index is 916. The number of carbonyl (C=O) groups excluding carboxylic acids is 3. The zero-order chi connectivity index (χ0) is 20.1. The lowest BCUT2D eigenvalue weighted by molar-refractivity contribution is -0.128. The zero-order valence-electron chi connectivity index (χ0n) is 15.7. The van der Waals surface area contributed by atoms with Crippen LogP contribution in [0.4, 0.5) is 11.4 Å². The maximum Gasteiger partial charge on any atom is 0.257 e. The highest BCUT2D eigenvalue weighted by Gasteiger charge is 2.28. The van der Waals surface area contributed by atoms with Crippen molar-refractivity contribution in [2.24, 2.45) is 0 Å². The summed E-state index contributed by atoms with van der Waals surface area (Å²) in [7, 11) is 0. The second kappa shape index (κ2) is 8.79. The molecule has 0 aromatic heterocycles. The van der Waals surface area contributed by atoms with Crippen molar-refractivity contribution < 1.29 is 14.4 Å². The number of hydrazine groups is 1. The molecule has 2 aromatic rings. The summed E-state index contributed by atoms with van der Waals surface area (Å²) in [5.74, 6) is -1.02. The first-order chi connectivity index (χ1) is 13.4. The van der Waals surface area contributed by atoms with Crippen molar-refractivity contribution in [2.45, 2.75) is 30.4 Å². The molecule has 0 saturated heterocycles. The van der Waals surface area contributed by atoms with Crippen LogP contribution in [-0.2, 0) is 14.4 Å². The van der Waals surface area contributed by atoms with Gasteiger partial charge in [0.2, 0.25) is 11.8 Å². The molecule has 3 amide bonds. The molecule has 1 aliphatic heterocycles. The van der Waals surface area contributed by atoms with Gasteiger partial charge >= 0.3 is 0 Å². The highest BCUT2D eigenvalue weighted by molar-refractivity contribution is 8.01. The van der Waals surface area contributed by atoms with Crippen molar-refractivity contribution >= 4 is 40.9 Å². The maximum atomic E-state index is 12.1. The molecule has 2 aromatic carbocycles. The van der Waals surface area contributed by atoms with Gasteiger partial charge in [0.1, 0.15) is 0 Å². The molecule has 3 rings (SSSR count). The van der Waals surface area contributed by atoms with Gasteiger partial charge in [-0.3, -0.25) is 25.2 Å². The predicted molar refractivity (Wildman–Crippen MR) is 110 cm³/mol. The molecular weight excluding hydrogens is 376 g/mol. The molecule has 0 unspecified atom stereocenters. The van der Waals surface area contributed by atoms with Gasteiger partial charge in [-0.1, -0.05) is 29.8 Å². The van der Waals surface area contributed by atoms with E-state index in [0.29, 0.717) is 0 Å². The third-order valence-electron chi connectivity index (χ3n) is 4.24. The van der Waals surface area contributed by atoms with Gasteiger partial charge in [0, 0.05) is 17.0 Å². The number of rotatable bonds is 5. The van der Waals surface area contributed by atoms with Crippen LogP contribution in [0, 0.1) is 13.8 Å². The van der Waals surface area contributed by atoms with Gasteiger partial charge in [0.05, 0.1) is 17.5 Å². The van der Waals surface area contributed by atoms with Crippen LogP contribution >= 0.6 is 11.8 Å². The Balaban J connectivity index is 1.44. The number of nitrogens with one attached hydrogen (secondary N) is 4. The minimum atomic E-state index is -0.542. The van der Waals surface area contributed by atoms with Gasteiger partial charge in [-0.05, 0) is 37.6 Å². The molecule has 8 heteroatoms. The summed E-state index contributed by atoms with van der Waals surface area (Å²) >= 11 is 1.34. The van der Waals surface area contributed by atoms with E-state index in [1.165, 1.54) is 11.8 Å². The van der Waals surface area contributed by atoms with Crippen LogP contribution < -0.4 is 21.5 Å². The highest BCUT2D eigenvalue weighted by Crippen LogP contribution is 2.36. The highest BCUT2D eigenvalue weighted by atomic mass is 32.2. The lowest BCUT2D eigenvalue weighted by Gasteiger charge is -2.23. The molecule has 146 valence electrons. The Labute approximate surface area is 167 Å². The van der Waals surface area contributed by atoms with Crippen LogP contribution in [0.2, 0.25) is 0 Å². The molecule has 0 fully saturated rings. The van der Waals surface area contributed by atoms with Crippen molar-refractivity contribution in [3.8, 4) is 0 Å². The number of amides is 3. The van der Waals surface area contributed by atoms with Gasteiger partial charge in [-0.15, -0.1) is 11.8 Å². The summed E-state index contributed by atoms with van der Waals surface area (Å²) in [4.78, 5) is 37.1. The molecule has 0 saturated carbocycles. The summed E-state index contributed by atoms with van der Waals surface area (Å²) in [6.45, 7) is 3.98. The van der Waals surface area contributed by atoms with Crippen molar-refractivity contribution in [1.29, 1.82) is 0 Å². The molecule has 1 aliphatic rings. The van der Waals surface area contributed by atoms with Gasteiger partial charge in [0.25, 0.3) is 5.91 Å². The Morgan fingerprint density at radius 2 is 1.82 bits per heavy atom. The van der Waals surface area contributed by atoms with Crippen molar-refractivity contribution in [3.63, 3.8) is 0 Å². The smallest absolute Gasteiger partial charge is 0.257 e. The van der Waals surface area contributed by atoms with E-state index in [9.17, 15) is 14.4 Å². The number of carbonyl (C=O) groups is 3. The Morgan fingerprint density at radius 3 is 2.61 bits per heavy atom. The lowest BCUT2D eigenvalue weighted by Crippen LogP contribution is -2.46. The average molecular weight is 398 g/mol. The molecular formula is C20H22N4O3S. The number of para-hydroxylation sites is 1. The first-order valence-corrected chi connectivity index (χ1v) is 9.75. The minimum Gasteiger partial charge on any atom is -0.376 e. The van der Waals surface area contributed by atoms with E-state index >= 15 is 0 Å². The fraction of sp³-hybridized carbons (Fsp3) is 0.250. The van der Waals surface area contributed by atoms with Crippen LogP contribution in [0.3, 0.4) is 0 Å². The first-order valence-electron chi connectivity index (χ1n) is 8.88. The second-order valence-corrected chi connectivity index (χ2v) is 7.81. The number of hydrogen-bond acceptors (Lipinski definition) is 5. The van der Waals surface area contributed by atoms with Gasteiger partial charge in [-0.25, -0.2) is 0 Å². The fourth-order valence-corrected chi connectivity index (χ4v) is 3.93. The number of fused-ring (bicyclic) bond motifs is 1. The Morgan fingerprint density at radius 1 is 1.07 bits per heavy atom. The molecule has 28 heavy (non-hydrogen) atoms. The van der Waals surface area contributed by atoms with E-state index in [1.807, 2.05) is 56.3 Å². The molecule has 0 radical (unpaired) electrons. The van der Waals surface area contributed by atoms with Gasteiger partial charge in [0.15, 0.2) is 0 Å². The molecule has 0 aliphatic carbocycles. The van der Waals surface area contributed by atoms with E-state index in [0.717, 1.165) is 27.4 Å². The fourth-order valence-electron chi connectivity index (χ4n) is 2.82. The maximum absolute atomic E-state index is 12.1. The van der Waals surface area contributed by atoms with Crippen molar-refractivity contribution in [2.75, 3.05) is 17.2 Å². The predicted octanol–water partition coefficient (Wildman–Crippen LogP) is 2.37. The number of benzene rings is 2. The zero-order valence-corrected chi connectivity index (χ0v) is 16.5. The molecule has 0 spiro atoms. The SMILES string of the molecule is Cc1ccc(NCC(=O)NNC(=O)C[C@@H]2Sc3ccccc3NC2=O)c(C)c1. The first kappa shape index (κ1) is 19.8. The molecule has 0 bridgehead atoms. The van der Waals surface area contributed by atoms with Crippen LogP contribution in [0.25, 0.3) is 0 Å². The monoisotopic (exact) mass is 398 g/mol. The van der Waals surface area contributed by atoms with Crippen molar-refractivity contribution in [3.05, 3.63) is 53.6 Å². The molecule has 1 heterocycles. The summed E-state index contributed by atoms with van der Waals surface area (Å²) < 4.78 is 0. The van der Waals surface area contributed by atoms with Gasteiger partial charge < -0.3 is 10.6 Å². The Hall–Kier alpha value is -3.00. The minimum absolute atomic E-state index is 0.0240. The van der Waals surface area contributed by atoms with E-state index in [1.54, 1.807) is 0 Å². The summed E-state index contributed by atoms with van der Waals surface area (Å²) in [5.41, 5.74) is 8.52. The standard InChI is InChI=1S/C20H22N4O3S/c1-12-7-8-14(13(2)9-12)21-11-19(26)24-23-18(25)10-17-20(27)22-15-5-3-4-6-16(15)28-17/h3-9,17,21H,10-11H2,1-2H3,(H,22,27)(H,23,25)(H,24,26)/t17-/m0/s1. The van der Waals surface area contributed by atoms with E-state index < -0.39 is 11.2 Å². The lowest BCUT2D eigenvalue weighted by atomic mass is 10.1. The normalized spacial score (nSPS) is 15.2. The topological polar surface area (TPSA) is 99.3 Å². The summed E-state index contributed by atoms with van der Waals surface area (Å²) in [5, 5.41) is 5.28. The average Bonchev–Trinajstić information content (AvgIpc) is 2.66. The van der Waals surface area contributed by atoms with Gasteiger partial charge in [-0.2, -0.15) is 0 Å². The molecule has 1 atom stereocenters. The molecule has 4 N–H and O–H groups in total. The number of aryl methyl sites for hydroxylation is 2. The van der Waals surface area contributed by atoms with Crippen LogP contribution in [-0.4, -0.2) is 29.5 Å². The number of thioether (sulfide) groups is 1. The van der Waals surface area contributed by atoms with Crippen LogP contribution in [0.15, 0.2) is 47.4 Å². The molecule has 7 nitrogen and oxygen atoms in total. The van der Waals surface area contributed by atoms with Crippen molar-refractivity contribution in [1.82, 2.24) is 10.9 Å². The summed E-state index contributed by atoms with van der Waals surface area (Å²) in [6, 6.07) is 13.3. The third-order valence-corrected chi connectivity index (χ3v) is 5.52. The van der Waals surface area contributed by atoms with E-state index in [4.69, 9.17) is 0 Å². The third kappa shape index (κ3) is 5.04. The summed E-state index contributed by atoms with van der Waals surface area (Å²) in [6.07, 6.45) is -0.0321. The van der Waals surface area contributed by atoms with E-state index in [-0.39, 0.29) is 24.8 Å². The number of anilines is 2.